The SMILES string of the molecule is CCNC(=NCC(=O)N(C)C)NCC1CN2CCN1CC2. The molecule has 0 saturated carbocycles. The number of rotatable bonds is 5. The first-order valence-corrected chi connectivity index (χ1v) is 7.79. The van der Waals surface area contributed by atoms with Crippen molar-refractivity contribution < 1.29 is 4.79 Å². The first-order valence-electron chi connectivity index (χ1n) is 7.79. The van der Waals surface area contributed by atoms with Gasteiger partial charge in [-0.25, -0.2) is 4.99 Å². The smallest absolute Gasteiger partial charge is 0.243 e. The molecular formula is C14H28N6O. The highest BCUT2D eigenvalue weighted by molar-refractivity contribution is 5.84. The normalized spacial score (nSPS) is 28.3. The van der Waals surface area contributed by atoms with Gasteiger partial charge in [0.2, 0.25) is 5.91 Å². The second kappa shape index (κ2) is 7.61. The second-order valence-electron chi connectivity index (χ2n) is 5.85. The van der Waals surface area contributed by atoms with Gasteiger partial charge in [-0.2, -0.15) is 0 Å². The standard InChI is InChI=1S/C14H28N6O/c1-4-15-14(17-10-13(21)18(2)3)16-9-12-11-19-5-7-20(12)8-6-19/h12H,4-11H2,1-3H3,(H2,15,16,17). The van der Waals surface area contributed by atoms with Crippen LogP contribution in [0.1, 0.15) is 6.92 Å². The minimum absolute atomic E-state index is 0.0128. The van der Waals surface area contributed by atoms with E-state index in [1.54, 1.807) is 19.0 Å². The Morgan fingerprint density at radius 3 is 2.48 bits per heavy atom. The zero-order chi connectivity index (χ0) is 15.2. The Bertz CT molecular complexity index is 376. The Hall–Kier alpha value is -1.34. The summed E-state index contributed by atoms with van der Waals surface area (Å²) in [6.07, 6.45) is 0. The van der Waals surface area contributed by atoms with Gasteiger partial charge in [0.25, 0.3) is 0 Å². The van der Waals surface area contributed by atoms with Crippen molar-refractivity contribution in [2.45, 2.75) is 13.0 Å². The van der Waals surface area contributed by atoms with Crippen LogP contribution in [0.5, 0.6) is 0 Å². The van der Waals surface area contributed by atoms with Crippen LogP contribution in [0, 0.1) is 0 Å². The van der Waals surface area contributed by atoms with E-state index in [9.17, 15) is 4.79 Å². The summed E-state index contributed by atoms with van der Waals surface area (Å²) < 4.78 is 0. The molecule has 1 atom stereocenters. The van der Waals surface area contributed by atoms with Crippen LogP contribution in [0.15, 0.2) is 4.99 Å². The van der Waals surface area contributed by atoms with Crippen LogP contribution >= 0.6 is 0 Å². The Kier molecular flexibility index (Phi) is 5.81. The summed E-state index contributed by atoms with van der Waals surface area (Å²) in [7, 11) is 3.50. The number of hydrogen-bond acceptors (Lipinski definition) is 4. The van der Waals surface area contributed by atoms with E-state index < -0.39 is 0 Å². The van der Waals surface area contributed by atoms with Crippen LogP contribution in [0.3, 0.4) is 0 Å². The molecule has 3 aliphatic rings. The number of piperazine rings is 3. The Labute approximate surface area is 127 Å². The molecule has 3 saturated heterocycles. The fourth-order valence-electron chi connectivity index (χ4n) is 2.76. The third-order valence-electron chi connectivity index (χ3n) is 4.11. The van der Waals surface area contributed by atoms with E-state index >= 15 is 0 Å². The van der Waals surface area contributed by atoms with Crippen LogP contribution in [-0.4, -0.2) is 99.1 Å². The van der Waals surface area contributed by atoms with Crippen molar-refractivity contribution in [3.05, 3.63) is 0 Å². The van der Waals surface area contributed by atoms with Crippen molar-refractivity contribution in [1.29, 1.82) is 0 Å². The van der Waals surface area contributed by atoms with Crippen molar-refractivity contribution >= 4 is 11.9 Å². The number of fused-ring (bicyclic) bond motifs is 3. The zero-order valence-electron chi connectivity index (χ0n) is 13.4. The number of carbonyl (C=O) groups excluding carboxylic acids is 1. The Morgan fingerprint density at radius 2 is 1.95 bits per heavy atom. The van der Waals surface area contributed by atoms with Crippen molar-refractivity contribution in [2.75, 3.05) is 66.5 Å². The van der Waals surface area contributed by atoms with Gasteiger partial charge >= 0.3 is 0 Å². The number of nitrogens with one attached hydrogen (secondary N) is 2. The van der Waals surface area contributed by atoms with Gasteiger partial charge in [0.1, 0.15) is 6.54 Å². The Morgan fingerprint density at radius 1 is 1.24 bits per heavy atom. The van der Waals surface area contributed by atoms with Crippen LogP contribution in [0.4, 0.5) is 0 Å². The highest BCUT2D eigenvalue weighted by Crippen LogP contribution is 2.14. The number of aliphatic imine (C=N–C) groups is 1. The summed E-state index contributed by atoms with van der Waals surface area (Å²) in [5.41, 5.74) is 0. The number of likely N-dealkylation sites (N-methyl/N-ethyl adjacent to an activating group) is 1. The molecule has 0 aromatic carbocycles. The van der Waals surface area contributed by atoms with E-state index in [2.05, 4.69) is 25.4 Å². The first-order chi connectivity index (χ1) is 10.1. The minimum Gasteiger partial charge on any atom is -0.357 e. The number of amides is 1. The lowest BCUT2D eigenvalue weighted by molar-refractivity contribution is -0.127. The fourth-order valence-corrected chi connectivity index (χ4v) is 2.76. The van der Waals surface area contributed by atoms with Crippen LogP contribution < -0.4 is 10.6 Å². The lowest BCUT2D eigenvalue weighted by Gasteiger charge is -2.47. The molecular weight excluding hydrogens is 268 g/mol. The monoisotopic (exact) mass is 296 g/mol. The Balaban J connectivity index is 1.82. The van der Waals surface area contributed by atoms with E-state index in [-0.39, 0.29) is 12.5 Å². The van der Waals surface area contributed by atoms with Gasteiger partial charge in [0, 0.05) is 66.0 Å². The molecule has 0 aliphatic carbocycles. The molecule has 21 heavy (non-hydrogen) atoms. The maximum absolute atomic E-state index is 11.6. The average Bonchev–Trinajstić information content (AvgIpc) is 2.50. The van der Waals surface area contributed by atoms with Crippen molar-refractivity contribution in [3.63, 3.8) is 0 Å². The van der Waals surface area contributed by atoms with Gasteiger partial charge in [-0.3, -0.25) is 14.6 Å². The number of guanidine groups is 1. The zero-order valence-corrected chi connectivity index (χ0v) is 13.4. The number of nitrogens with zero attached hydrogens (tertiary/aromatic N) is 4. The summed E-state index contributed by atoms with van der Waals surface area (Å²) in [5.74, 6) is 0.740. The first kappa shape index (κ1) is 16.0. The minimum atomic E-state index is 0.0128. The lowest BCUT2D eigenvalue weighted by atomic mass is 10.1. The van der Waals surface area contributed by atoms with Crippen molar-refractivity contribution in [2.24, 2.45) is 4.99 Å². The van der Waals surface area contributed by atoms with Crippen molar-refractivity contribution in [3.8, 4) is 0 Å². The second-order valence-corrected chi connectivity index (χ2v) is 5.85. The predicted octanol–water partition coefficient (Wildman–Crippen LogP) is -1.37. The molecule has 2 bridgehead atoms. The molecule has 0 radical (unpaired) electrons. The van der Waals surface area contributed by atoms with Gasteiger partial charge in [-0.15, -0.1) is 0 Å². The highest BCUT2D eigenvalue weighted by Gasteiger charge is 2.31. The molecule has 7 nitrogen and oxygen atoms in total. The summed E-state index contributed by atoms with van der Waals surface area (Å²) in [4.78, 5) is 22.6. The lowest BCUT2D eigenvalue weighted by Crippen LogP contribution is -2.63. The summed E-state index contributed by atoms with van der Waals surface area (Å²) in [6.45, 7) is 9.73. The van der Waals surface area contributed by atoms with Crippen LogP contribution in [0.2, 0.25) is 0 Å². The largest absolute Gasteiger partial charge is 0.357 e. The van der Waals surface area contributed by atoms with Crippen LogP contribution in [-0.2, 0) is 4.79 Å². The van der Waals surface area contributed by atoms with Crippen molar-refractivity contribution in [1.82, 2.24) is 25.3 Å². The van der Waals surface area contributed by atoms with E-state index in [4.69, 9.17) is 0 Å². The average molecular weight is 296 g/mol. The molecule has 0 aromatic heterocycles. The van der Waals surface area contributed by atoms with E-state index in [0.29, 0.717) is 6.04 Å². The summed E-state index contributed by atoms with van der Waals surface area (Å²) in [6, 6.07) is 0.543. The molecule has 3 heterocycles. The van der Waals surface area contributed by atoms with Gasteiger partial charge in [0.15, 0.2) is 5.96 Å². The highest BCUT2D eigenvalue weighted by atomic mass is 16.2. The van der Waals surface area contributed by atoms with E-state index in [0.717, 1.165) is 25.6 Å². The molecule has 1 unspecified atom stereocenters. The van der Waals surface area contributed by atoms with Gasteiger partial charge in [-0.05, 0) is 6.92 Å². The molecule has 3 rings (SSSR count). The third-order valence-corrected chi connectivity index (χ3v) is 4.11. The molecule has 0 spiro atoms. The van der Waals surface area contributed by atoms with E-state index in [1.807, 2.05) is 6.92 Å². The topological polar surface area (TPSA) is 63.2 Å². The number of carbonyl (C=O) groups is 1. The van der Waals surface area contributed by atoms with E-state index in [1.165, 1.54) is 26.2 Å². The predicted molar refractivity (Wildman–Crippen MR) is 84.5 cm³/mol. The molecule has 120 valence electrons. The molecule has 3 fully saturated rings. The summed E-state index contributed by atoms with van der Waals surface area (Å²) in [5, 5.41) is 6.57. The number of hydrogen-bond donors (Lipinski definition) is 2. The molecule has 0 aromatic rings. The molecule has 7 heteroatoms. The molecule has 3 aliphatic heterocycles. The van der Waals surface area contributed by atoms with Gasteiger partial charge < -0.3 is 15.5 Å². The molecule has 1 amide bonds. The molecule has 2 N–H and O–H groups in total. The van der Waals surface area contributed by atoms with Gasteiger partial charge in [0.05, 0.1) is 0 Å². The third kappa shape index (κ3) is 4.57. The van der Waals surface area contributed by atoms with Crippen LogP contribution in [0.25, 0.3) is 0 Å². The fraction of sp³-hybridized carbons (Fsp3) is 0.857. The van der Waals surface area contributed by atoms with Gasteiger partial charge in [-0.1, -0.05) is 0 Å². The maximum Gasteiger partial charge on any atom is 0.243 e. The maximum atomic E-state index is 11.6. The quantitative estimate of drug-likeness (QED) is 0.484. The summed E-state index contributed by atoms with van der Waals surface area (Å²) >= 11 is 0.